The molecular weight excluding hydrogens is 529 g/mol. The summed E-state index contributed by atoms with van der Waals surface area (Å²) in [6, 6.07) is 6.80. The molecule has 1 fully saturated rings. The van der Waals surface area contributed by atoms with Gasteiger partial charge in [-0.25, -0.2) is 4.39 Å². The Morgan fingerprint density at radius 3 is 2.05 bits per heavy atom. The molecule has 0 saturated carbocycles. The number of halogens is 8. The zero-order valence-corrected chi connectivity index (χ0v) is 20.8. The van der Waals surface area contributed by atoms with Gasteiger partial charge in [-0.3, -0.25) is 4.79 Å². The lowest BCUT2D eigenvalue weighted by atomic mass is 9.95. The standard InChI is InChI=1S/C25H27F7N2O2.ClH/c1-34(23(35)18-6-8-33-9-7-18)13-19(17-2-4-22(26)5-3-17)15-36-14-16-10-20(24(27,28)29)12-21(11-16)25(30,31)32;/h2-5,10-12,18-19,33H,6-9,13-15H2,1H3;1H. The summed E-state index contributed by atoms with van der Waals surface area (Å²) in [5, 5.41) is 3.18. The average Bonchev–Trinajstić information content (AvgIpc) is 2.82. The molecule has 0 aromatic heterocycles. The number of nitrogens with one attached hydrogen (secondary N) is 1. The molecule has 3 rings (SSSR count). The second-order valence-electron chi connectivity index (χ2n) is 8.92. The van der Waals surface area contributed by atoms with Crippen LogP contribution in [0, 0.1) is 11.7 Å². The SMILES string of the molecule is CN(CC(COCc1cc(C(F)(F)F)cc(C(F)(F)F)c1)c1ccc(F)cc1)C(=O)C1CCNCC1.Cl. The Hall–Kier alpha value is -2.37. The molecule has 12 heteroatoms. The molecule has 1 unspecified atom stereocenters. The third kappa shape index (κ3) is 8.86. The lowest BCUT2D eigenvalue weighted by Crippen LogP contribution is -2.41. The van der Waals surface area contributed by atoms with Crippen LogP contribution in [0.1, 0.15) is 41.0 Å². The smallest absolute Gasteiger partial charge is 0.376 e. The van der Waals surface area contributed by atoms with Gasteiger partial charge in [0.1, 0.15) is 5.82 Å². The summed E-state index contributed by atoms with van der Waals surface area (Å²) in [4.78, 5) is 14.4. The van der Waals surface area contributed by atoms with Crippen LogP contribution in [0.2, 0.25) is 0 Å². The maximum absolute atomic E-state index is 13.4. The van der Waals surface area contributed by atoms with Crippen molar-refractivity contribution in [2.24, 2.45) is 5.92 Å². The largest absolute Gasteiger partial charge is 0.416 e. The molecule has 2 aromatic rings. The van der Waals surface area contributed by atoms with E-state index in [-0.39, 0.29) is 49.0 Å². The van der Waals surface area contributed by atoms with Crippen LogP contribution in [0.25, 0.3) is 0 Å². The number of likely N-dealkylation sites (N-methyl/N-ethyl adjacent to an activating group) is 1. The van der Waals surface area contributed by atoms with Crippen molar-refractivity contribution in [1.29, 1.82) is 0 Å². The molecule has 1 amide bonds. The van der Waals surface area contributed by atoms with Crippen LogP contribution in [0.4, 0.5) is 30.7 Å². The van der Waals surface area contributed by atoms with Gasteiger partial charge in [-0.1, -0.05) is 12.1 Å². The van der Waals surface area contributed by atoms with E-state index in [1.165, 1.54) is 24.3 Å². The lowest BCUT2D eigenvalue weighted by Gasteiger charge is -2.30. The van der Waals surface area contributed by atoms with Crippen molar-refractivity contribution in [3.05, 3.63) is 70.5 Å². The molecule has 1 saturated heterocycles. The number of carbonyl (C=O) groups excluding carboxylic acids is 1. The second kappa shape index (κ2) is 12.9. The van der Waals surface area contributed by atoms with Crippen LogP contribution < -0.4 is 5.32 Å². The number of rotatable bonds is 8. The number of carbonyl (C=O) groups is 1. The predicted molar refractivity (Wildman–Crippen MR) is 126 cm³/mol. The summed E-state index contributed by atoms with van der Waals surface area (Å²) in [6.07, 6.45) is -8.52. The number of nitrogens with zero attached hydrogens (tertiary/aromatic N) is 1. The maximum Gasteiger partial charge on any atom is 0.416 e. The summed E-state index contributed by atoms with van der Waals surface area (Å²) in [5.41, 5.74) is -2.49. The van der Waals surface area contributed by atoms with Gasteiger partial charge in [-0.05, 0) is 67.4 Å². The van der Waals surface area contributed by atoms with E-state index < -0.39 is 41.8 Å². The van der Waals surface area contributed by atoms with E-state index in [1.54, 1.807) is 11.9 Å². The predicted octanol–water partition coefficient (Wildman–Crippen LogP) is 6.04. The van der Waals surface area contributed by atoms with E-state index in [0.717, 1.165) is 13.1 Å². The van der Waals surface area contributed by atoms with Crippen molar-refractivity contribution in [1.82, 2.24) is 10.2 Å². The quantitative estimate of drug-likeness (QED) is 0.403. The van der Waals surface area contributed by atoms with Gasteiger partial charge in [0.15, 0.2) is 0 Å². The number of hydrogen-bond donors (Lipinski definition) is 1. The van der Waals surface area contributed by atoms with Crippen LogP contribution >= 0.6 is 12.4 Å². The minimum Gasteiger partial charge on any atom is -0.376 e. The number of benzene rings is 2. The summed E-state index contributed by atoms with van der Waals surface area (Å²) >= 11 is 0. The number of amides is 1. The van der Waals surface area contributed by atoms with E-state index in [0.29, 0.717) is 30.5 Å². The molecule has 0 radical (unpaired) electrons. The first-order chi connectivity index (χ1) is 16.8. The third-order valence-electron chi connectivity index (χ3n) is 6.14. The Morgan fingerprint density at radius 2 is 1.54 bits per heavy atom. The van der Waals surface area contributed by atoms with Gasteiger partial charge in [-0.15, -0.1) is 12.4 Å². The Kier molecular flexibility index (Phi) is 10.8. The van der Waals surface area contributed by atoms with E-state index in [9.17, 15) is 35.5 Å². The Bertz CT molecular complexity index is 991. The molecule has 206 valence electrons. The number of piperidine rings is 1. The van der Waals surface area contributed by atoms with Crippen molar-refractivity contribution in [3.63, 3.8) is 0 Å². The van der Waals surface area contributed by atoms with Crippen molar-refractivity contribution in [2.45, 2.75) is 37.7 Å². The maximum atomic E-state index is 13.4. The topological polar surface area (TPSA) is 41.6 Å². The first-order valence-electron chi connectivity index (χ1n) is 11.4. The molecule has 0 aliphatic carbocycles. The molecular formula is C25H28ClF7N2O2. The monoisotopic (exact) mass is 556 g/mol. The number of ether oxygens (including phenoxy) is 1. The van der Waals surface area contributed by atoms with Gasteiger partial charge < -0.3 is 15.0 Å². The van der Waals surface area contributed by atoms with Crippen molar-refractivity contribution in [3.8, 4) is 0 Å². The number of hydrogen-bond acceptors (Lipinski definition) is 3. The van der Waals surface area contributed by atoms with Crippen LogP contribution in [-0.2, 0) is 28.5 Å². The first-order valence-corrected chi connectivity index (χ1v) is 11.4. The molecule has 1 aliphatic heterocycles. The van der Waals surface area contributed by atoms with Gasteiger partial charge in [0, 0.05) is 25.4 Å². The Labute approximate surface area is 216 Å². The van der Waals surface area contributed by atoms with Gasteiger partial charge in [0.2, 0.25) is 5.91 Å². The molecule has 1 aliphatic rings. The van der Waals surface area contributed by atoms with Crippen molar-refractivity contribution >= 4 is 18.3 Å². The van der Waals surface area contributed by atoms with Gasteiger partial charge in [-0.2, -0.15) is 26.3 Å². The second-order valence-corrected chi connectivity index (χ2v) is 8.92. The van der Waals surface area contributed by atoms with Crippen LogP contribution in [0.5, 0.6) is 0 Å². The highest BCUT2D eigenvalue weighted by atomic mass is 35.5. The van der Waals surface area contributed by atoms with Gasteiger partial charge in [0.05, 0.1) is 24.3 Å². The summed E-state index contributed by atoms with van der Waals surface area (Å²) in [7, 11) is 1.63. The third-order valence-corrected chi connectivity index (χ3v) is 6.14. The van der Waals surface area contributed by atoms with Crippen LogP contribution in [-0.4, -0.2) is 44.1 Å². The van der Waals surface area contributed by atoms with Crippen molar-refractivity contribution < 1.29 is 40.3 Å². The molecule has 1 heterocycles. The zero-order chi connectivity index (χ0) is 26.5. The number of alkyl halides is 6. The summed E-state index contributed by atoms with van der Waals surface area (Å²) in [5.74, 6) is -1.15. The highest BCUT2D eigenvalue weighted by Crippen LogP contribution is 2.36. The normalized spacial score (nSPS) is 15.7. The lowest BCUT2D eigenvalue weighted by molar-refractivity contribution is -0.143. The molecule has 1 atom stereocenters. The summed E-state index contributed by atoms with van der Waals surface area (Å²) < 4.78 is 97.8. The average molecular weight is 557 g/mol. The van der Waals surface area contributed by atoms with E-state index in [4.69, 9.17) is 4.74 Å². The minimum atomic E-state index is -4.95. The van der Waals surface area contributed by atoms with E-state index in [1.807, 2.05) is 0 Å². The minimum absolute atomic E-state index is 0. The van der Waals surface area contributed by atoms with E-state index in [2.05, 4.69) is 5.32 Å². The molecule has 0 spiro atoms. The van der Waals surface area contributed by atoms with Gasteiger partial charge in [0.25, 0.3) is 0 Å². The Morgan fingerprint density at radius 1 is 1.00 bits per heavy atom. The Balaban J connectivity index is 0.00000481. The highest BCUT2D eigenvalue weighted by molar-refractivity contribution is 5.85. The molecule has 37 heavy (non-hydrogen) atoms. The summed E-state index contributed by atoms with van der Waals surface area (Å²) in [6.45, 7) is 1.03. The van der Waals surface area contributed by atoms with Crippen LogP contribution in [0.15, 0.2) is 42.5 Å². The molecule has 0 bridgehead atoms. The molecule has 2 aromatic carbocycles. The highest BCUT2D eigenvalue weighted by Gasteiger charge is 2.37. The van der Waals surface area contributed by atoms with Gasteiger partial charge >= 0.3 is 12.4 Å². The first kappa shape index (κ1) is 30.9. The molecule has 4 nitrogen and oxygen atoms in total. The van der Waals surface area contributed by atoms with Crippen molar-refractivity contribution in [2.75, 3.05) is 33.3 Å². The fourth-order valence-corrected chi connectivity index (χ4v) is 4.21. The zero-order valence-electron chi connectivity index (χ0n) is 20.0. The fraction of sp³-hybridized carbons (Fsp3) is 0.480. The molecule has 1 N–H and O–H groups in total. The fourth-order valence-electron chi connectivity index (χ4n) is 4.21. The van der Waals surface area contributed by atoms with Crippen LogP contribution in [0.3, 0.4) is 0 Å². The van der Waals surface area contributed by atoms with E-state index >= 15 is 0 Å².